The van der Waals surface area contributed by atoms with Gasteiger partial charge in [-0.2, -0.15) is 0 Å². The summed E-state index contributed by atoms with van der Waals surface area (Å²) in [6, 6.07) is 6.56. The Morgan fingerprint density at radius 2 is 2.27 bits per heavy atom. The van der Waals surface area contributed by atoms with Gasteiger partial charge in [0.1, 0.15) is 5.82 Å². The molecule has 0 bridgehead atoms. The molecule has 1 aromatic carbocycles. The van der Waals surface area contributed by atoms with Crippen molar-refractivity contribution in [1.29, 1.82) is 0 Å². The quantitative estimate of drug-likeness (QED) is 0.752. The van der Waals surface area contributed by atoms with Crippen LogP contribution in [0.2, 0.25) is 0 Å². The second-order valence-corrected chi connectivity index (χ2v) is 3.68. The van der Waals surface area contributed by atoms with Gasteiger partial charge in [0.15, 0.2) is 0 Å². The molecule has 0 aliphatic heterocycles. The van der Waals surface area contributed by atoms with Crippen molar-refractivity contribution in [3.05, 3.63) is 48.0 Å². The first-order chi connectivity index (χ1) is 7.08. The zero-order valence-corrected chi connectivity index (χ0v) is 8.91. The number of hydrogen-bond donors (Lipinski definition) is 1. The SMILES string of the molecule is C=C(O)CN(C)CCc1cccc(F)c1. The molecule has 0 fully saturated rings. The summed E-state index contributed by atoms with van der Waals surface area (Å²) in [5, 5.41) is 8.97. The van der Waals surface area contributed by atoms with E-state index in [4.69, 9.17) is 5.11 Å². The maximum Gasteiger partial charge on any atom is 0.123 e. The van der Waals surface area contributed by atoms with Crippen molar-refractivity contribution in [3.63, 3.8) is 0 Å². The average molecular weight is 209 g/mol. The summed E-state index contributed by atoms with van der Waals surface area (Å²) < 4.78 is 12.8. The summed E-state index contributed by atoms with van der Waals surface area (Å²) >= 11 is 0. The van der Waals surface area contributed by atoms with Gasteiger partial charge in [0.05, 0.1) is 12.3 Å². The summed E-state index contributed by atoms with van der Waals surface area (Å²) in [5.41, 5.74) is 0.963. The molecule has 0 atom stereocenters. The Labute approximate surface area is 89.7 Å². The van der Waals surface area contributed by atoms with Crippen molar-refractivity contribution in [2.24, 2.45) is 0 Å². The van der Waals surface area contributed by atoms with Crippen LogP contribution in [0.5, 0.6) is 0 Å². The number of benzene rings is 1. The first kappa shape index (κ1) is 11.7. The van der Waals surface area contributed by atoms with Gasteiger partial charge in [-0.25, -0.2) is 4.39 Å². The molecule has 0 saturated heterocycles. The molecule has 1 N–H and O–H groups in total. The molecule has 2 nitrogen and oxygen atoms in total. The molecule has 82 valence electrons. The molecular weight excluding hydrogens is 193 g/mol. The predicted molar refractivity (Wildman–Crippen MR) is 59.4 cm³/mol. The molecule has 0 saturated carbocycles. The largest absolute Gasteiger partial charge is 0.512 e. The van der Waals surface area contributed by atoms with Gasteiger partial charge in [0.2, 0.25) is 0 Å². The van der Waals surface area contributed by atoms with Gasteiger partial charge < -0.3 is 5.11 Å². The summed E-state index contributed by atoms with van der Waals surface area (Å²) in [4.78, 5) is 1.94. The van der Waals surface area contributed by atoms with E-state index in [1.54, 1.807) is 6.07 Å². The lowest BCUT2D eigenvalue weighted by molar-refractivity contribution is 0.293. The van der Waals surface area contributed by atoms with Crippen LogP contribution in [0.15, 0.2) is 36.6 Å². The number of halogens is 1. The molecule has 0 spiro atoms. The van der Waals surface area contributed by atoms with Crippen LogP contribution in [0.3, 0.4) is 0 Å². The molecule has 0 aliphatic carbocycles. The Hall–Kier alpha value is -1.35. The predicted octanol–water partition coefficient (Wildman–Crippen LogP) is 2.37. The number of aliphatic hydroxyl groups excluding tert-OH is 1. The van der Waals surface area contributed by atoms with E-state index >= 15 is 0 Å². The minimum absolute atomic E-state index is 0.150. The average Bonchev–Trinajstić information content (AvgIpc) is 2.14. The van der Waals surface area contributed by atoms with Crippen molar-refractivity contribution < 1.29 is 9.50 Å². The Balaban J connectivity index is 2.40. The lowest BCUT2D eigenvalue weighted by Crippen LogP contribution is -2.23. The van der Waals surface area contributed by atoms with E-state index in [-0.39, 0.29) is 11.6 Å². The molecule has 0 unspecified atom stereocenters. The summed E-state index contributed by atoms with van der Waals surface area (Å²) in [5.74, 6) is -0.0570. The lowest BCUT2D eigenvalue weighted by Gasteiger charge is -2.15. The van der Waals surface area contributed by atoms with Gasteiger partial charge in [-0.05, 0) is 31.2 Å². The van der Waals surface area contributed by atoms with Crippen LogP contribution in [0.25, 0.3) is 0 Å². The van der Waals surface area contributed by atoms with E-state index in [0.29, 0.717) is 6.54 Å². The fourth-order valence-corrected chi connectivity index (χ4v) is 1.40. The molecule has 1 rings (SSSR count). The van der Waals surface area contributed by atoms with E-state index in [9.17, 15) is 4.39 Å². The van der Waals surface area contributed by atoms with Crippen LogP contribution >= 0.6 is 0 Å². The third-order valence-corrected chi connectivity index (χ3v) is 2.12. The Bertz CT molecular complexity index is 338. The summed E-state index contributed by atoms with van der Waals surface area (Å²) in [6.07, 6.45) is 0.765. The van der Waals surface area contributed by atoms with E-state index in [1.165, 1.54) is 12.1 Å². The highest BCUT2D eigenvalue weighted by Crippen LogP contribution is 2.05. The van der Waals surface area contributed by atoms with Crippen molar-refractivity contribution in [1.82, 2.24) is 4.90 Å². The van der Waals surface area contributed by atoms with E-state index in [1.807, 2.05) is 18.0 Å². The molecule has 0 aliphatic rings. The van der Waals surface area contributed by atoms with Crippen LogP contribution in [0, 0.1) is 5.82 Å². The van der Waals surface area contributed by atoms with E-state index < -0.39 is 0 Å². The second kappa shape index (κ2) is 5.51. The molecule has 3 heteroatoms. The van der Waals surface area contributed by atoms with Gasteiger partial charge >= 0.3 is 0 Å². The fourth-order valence-electron chi connectivity index (χ4n) is 1.40. The van der Waals surface area contributed by atoms with Crippen LogP contribution in [0.4, 0.5) is 4.39 Å². The van der Waals surface area contributed by atoms with Crippen molar-refractivity contribution in [2.75, 3.05) is 20.1 Å². The monoisotopic (exact) mass is 209 g/mol. The highest BCUT2D eigenvalue weighted by molar-refractivity contribution is 5.16. The molecule has 0 radical (unpaired) electrons. The van der Waals surface area contributed by atoms with Crippen LogP contribution in [-0.2, 0) is 6.42 Å². The number of rotatable bonds is 5. The topological polar surface area (TPSA) is 23.5 Å². The van der Waals surface area contributed by atoms with Crippen LogP contribution in [0.1, 0.15) is 5.56 Å². The number of aliphatic hydroxyl groups is 1. The van der Waals surface area contributed by atoms with Gasteiger partial charge in [-0.15, -0.1) is 0 Å². The summed E-state index contributed by atoms with van der Waals surface area (Å²) in [7, 11) is 1.89. The smallest absolute Gasteiger partial charge is 0.123 e. The van der Waals surface area contributed by atoms with Crippen LogP contribution in [-0.4, -0.2) is 30.1 Å². The standard InChI is InChI=1S/C12H16FNO/c1-10(15)9-14(2)7-6-11-4-3-5-12(13)8-11/h3-5,8,15H,1,6-7,9H2,2H3. The first-order valence-electron chi connectivity index (χ1n) is 4.87. The zero-order valence-electron chi connectivity index (χ0n) is 8.91. The highest BCUT2D eigenvalue weighted by atomic mass is 19.1. The minimum atomic E-state index is -0.207. The third-order valence-electron chi connectivity index (χ3n) is 2.12. The number of hydrogen-bond acceptors (Lipinski definition) is 2. The maximum atomic E-state index is 12.8. The van der Waals surface area contributed by atoms with Gasteiger partial charge in [0, 0.05) is 6.54 Å². The number of likely N-dealkylation sites (N-methyl/N-ethyl adjacent to an activating group) is 1. The maximum absolute atomic E-state index is 12.8. The molecular formula is C12H16FNO. The normalized spacial score (nSPS) is 10.6. The lowest BCUT2D eigenvalue weighted by atomic mass is 10.1. The zero-order chi connectivity index (χ0) is 11.3. The molecule has 0 amide bonds. The molecule has 0 heterocycles. The molecule has 0 aromatic heterocycles. The molecule has 15 heavy (non-hydrogen) atoms. The molecule has 1 aromatic rings. The van der Waals surface area contributed by atoms with E-state index in [2.05, 4.69) is 6.58 Å². The third kappa shape index (κ3) is 4.61. The Morgan fingerprint density at radius 3 is 2.87 bits per heavy atom. The van der Waals surface area contributed by atoms with Gasteiger partial charge in [-0.3, -0.25) is 4.90 Å². The van der Waals surface area contributed by atoms with Crippen molar-refractivity contribution >= 4 is 0 Å². The van der Waals surface area contributed by atoms with Gasteiger partial charge in [-0.1, -0.05) is 18.7 Å². The van der Waals surface area contributed by atoms with Gasteiger partial charge in [0.25, 0.3) is 0 Å². The van der Waals surface area contributed by atoms with Crippen molar-refractivity contribution in [2.45, 2.75) is 6.42 Å². The second-order valence-electron chi connectivity index (χ2n) is 3.68. The van der Waals surface area contributed by atoms with E-state index in [0.717, 1.165) is 18.5 Å². The Morgan fingerprint density at radius 1 is 1.53 bits per heavy atom. The summed E-state index contributed by atoms with van der Waals surface area (Å²) in [6.45, 7) is 4.64. The Kier molecular flexibility index (Phi) is 4.31. The minimum Gasteiger partial charge on any atom is -0.512 e. The fraction of sp³-hybridized carbons (Fsp3) is 0.333. The highest BCUT2D eigenvalue weighted by Gasteiger charge is 2.01. The van der Waals surface area contributed by atoms with Crippen LogP contribution < -0.4 is 0 Å². The first-order valence-corrected chi connectivity index (χ1v) is 4.87. The number of nitrogens with zero attached hydrogens (tertiary/aromatic N) is 1. The van der Waals surface area contributed by atoms with Crippen molar-refractivity contribution in [3.8, 4) is 0 Å².